The van der Waals surface area contributed by atoms with E-state index < -0.39 is 0 Å². The van der Waals surface area contributed by atoms with Crippen LogP contribution >= 0.6 is 15.9 Å². The van der Waals surface area contributed by atoms with Crippen molar-refractivity contribution in [2.24, 2.45) is 0 Å². The van der Waals surface area contributed by atoms with Crippen molar-refractivity contribution >= 4 is 27.4 Å². The third-order valence-electron chi connectivity index (χ3n) is 3.66. The number of anilines is 1. The number of nitrogens with two attached hydrogens (primary N) is 1. The second-order valence-electron chi connectivity index (χ2n) is 5.21. The van der Waals surface area contributed by atoms with Gasteiger partial charge in [0.05, 0.1) is 7.11 Å². The molecule has 24 heavy (non-hydrogen) atoms. The summed E-state index contributed by atoms with van der Waals surface area (Å²) in [5, 5.41) is 4.41. The Morgan fingerprint density at radius 1 is 1.12 bits per heavy atom. The SMILES string of the molecule is COc1cccc(-c2cc(N)n3nc(-c4ccc(Br)o4)nc3c2)c1. The molecule has 1 aromatic carbocycles. The van der Waals surface area contributed by atoms with Gasteiger partial charge in [-0.3, -0.25) is 0 Å². The number of methoxy groups -OCH3 is 1. The van der Waals surface area contributed by atoms with Crippen molar-refractivity contribution in [2.75, 3.05) is 12.8 Å². The van der Waals surface area contributed by atoms with E-state index in [0.717, 1.165) is 16.9 Å². The Bertz CT molecular complexity index is 1040. The largest absolute Gasteiger partial charge is 0.497 e. The molecule has 0 amide bonds. The van der Waals surface area contributed by atoms with Crippen LogP contribution in [-0.2, 0) is 0 Å². The van der Waals surface area contributed by atoms with Crippen LogP contribution in [0.5, 0.6) is 5.75 Å². The maximum atomic E-state index is 6.15. The minimum absolute atomic E-state index is 0.482. The lowest BCUT2D eigenvalue weighted by Crippen LogP contribution is -1.99. The van der Waals surface area contributed by atoms with Crippen LogP contribution in [0.15, 0.2) is 57.6 Å². The molecule has 3 heterocycles. The van der Waals surface area contributed by atoms with Crippen LogP contribution < -0.4 is 10.5 Å². The Kier molecular flexibility index (Phi) is 3.50. The lowest BCUT2D eigenvalue weighted by molar-refractivity contribution is 0.415. The molecule has 0 radical (unpaired) electrons. The normalized spacial score (nSPS) is 11.1. The Labute approximate surface area is 146 Å². The third-order valence-corrected chi connectivity index (χ3v) is 4.09. The number of ether oxygens (including phenoxy) is 1. The third kappa shape index (κ3) is 2.52. The van der Waals surface area contributed by atoms with E-state index in [-0.39, 0.29) is 0 Å². The summed E-state index contributed by atoms with van der Waals surface area (Å²) in [7, 11) is 1.64. The number of halogens is 1. The molecule has 0 fully saturated rings. The van der Waals surface area contributed by atoms with Gasteiger partial charge in [0.1, 0.15) is 11.6 Å². The smallest absolute Gasteiger partial charge is 0.218 e. The molecule has 120 valence electrons. The summed E-state index contributed by atoms with van der Waals surface area (Å²) in [4.78, 5) is 4.51. The number of aromatic nitrogens is 3. The fourth-order valence-electron chi connectivity index (χ4n) is 2.52. The number of nitrogen functional groups attached to an aromatic ring is 1. The Morgan fingerprint density at radius 2 is 2.00 bits per heavy atom. The van der Waals surface area contributed by atoms with Crippen LogP contribution in [0.25, 0.3) is 28.4 Å². The molecule has 0 bridgehead atoms. The maximum Gasteiger partial charge on any atom is 0.218 e. The van der Waals surface area contributed by atoms with Crippen molar-refractivity contribution in [3.8, 4) is 28.5 Å². The highest BCUT2D eigenvalue weighted by Gasteiger charge is 2.13. The van der Waals surface area contributed by atoms with Crippen LogP contribution in [0.3, 0.4) is 0 Å². The van der Waals surface area contributed by atoms with Crippen molar-refractivity contribution in [1.82, 2.24) is 14.6 Å². The number of nitrogens with zero attached hydrogens (tertiary/aromatic N) is 3. The van der Waals surface area contributed by atoms with Gasteiger partial charge in [-0.15, -0.1) is 5.10 Å². The van der Waals surface area contributed by atoms with Gasteiger partial charge in [0, 0.05) is 0 Å². The maximum absolute atomic E-state index is 6.15. The van der Waals surface area contributed by atoms with E-state index >= 15 is 0 Å². The highest BCUT2D eigenvalue weighted by Crippen LogP contribution is 2.28. The molecular formula is C17H13BrN4O2. The first-order valence-corrected chi connectivity index (χ1v) is 8.00. The number of furan rings is 1. The van der Waals surface area contributed by atoms with Crippen molar-refractivity contribution < 1.29 is 9.15 Å². The summed E-state index contributed by atoms with van der Waals surface area (Å²) in [6.45, 7) is 0. The Balaban J connectivity index is 1.84. The Hall–Kier alpha value is -2.80. The zero-order valence-electron chi connectivity index (χ0n) is 12.7. The highest BCUT2D eigenvalue weighted by atomic mass is 79.9. The lowest BCUT2D eigenvalue weighted by Gasteiger charge is -2.06. The van der Waals surface area contributed by atoms with Crippen molar-refractivity contribution in [3.63, 3.8) is 0 Å². The van der Waals surface area contributed by atoms with Crippen LogP contribution in [0, 0.1) is 0 Å². The molecule has 0 saturated heterocycles. The zero-order chi connectivity index (χ0) is 16.7. The molecule has 2 N–H and O–H groups in total. The van der Waals surface area contributed by atoms with Crippen molar-refractivity contribution in [1.29, 1.82) is 0 Å². The molecule has 0 aliphatic rings. The number of pyridine rings is 1. The predicted molar refractivity (Wildman–Crippen MR) is 94.8 cm³/mol. The van der Waals surface area contributed by atoms with Gasteiger partial charge in [0.2, 0.25) is 5.82 Å². The molecule has 4 aromatic rings. The molecule has 4 rings (SSSR count). The first-order valence-electron chi connectivity index (χ1n) is 7.20. The Morgan fingerprint density at radius 3 is 2.75 bits per heavy atom. The average Bonchev–Trinajstić information content (AvgIpc) is 3.21. The summed E-state index contributed by atoms with van der Waals surface area (Å²) in [5.41, 5.74) is 8.74. The molecule has 3 aromatic heterocycles. The quantitative estimate of drug-likeness (QED) is 0.577. The molecular weight excluding hydrogens is 372 g/mol. The van der Waals surface area contributed by atoms with E-state index in [4.69, 9.17) is 14.9 Å². The van der Waals surface area contributed by atoms with Crippen LogP contribution in [0.4, 0.5) is 5.82 Å². The first kappa shape index (κ1) is 14.8. The topological polar surface area (TPSA) is 78.6 Å². The molecule has 0 aliphatic carbocycles. The van der Waals surface area contributed by atoms with Crippen LogP contribution in [0.2, 0.25) is 0 Å². The molecule has 7 heteroatoms. The first-order chi connectivity index (χ1) is 11.6. The van der Waals surface area contributed by atoms with Gasteiger partial charge in [0.25, 0.3) is 0 Å². The van der Waals surface area contributed by atoms with Gasteiger partial charge in [-0.05, 0) is 63.5 Å². The van der Waals surface area contributed by atoms with Gasteiger partial charge >= 0.3 is 0 Å². The van der Waals surface area contributed by atoms with E-state index in [0.29, 0.717) is 27.7 Å². The summed E-state index contributed by atoms with van der Waals surface area (Å²) < 4.78 is 13.0. The average molecular weight is 385 g/mol. The van der Waals surface area contributed by atoms with E-state index in [9.17, 15) is 0 Å². The summed E-state index contributed by atoms with van der Waals surface area (Å²) in [6, 6.07) is 15.2. The standard InChI is InChI=1S/C17H13BrN4O2/c1-23-12-4-2-3-10(7-12)11-8-15(19)22-16(9-11)20-17(21-22)13-5-6-14(18)24-13/h2-9H,19H2,1H3. The minimum atomic E-state index is 0.482. The second-order valence-corrected chi connectivity index (χ2v) is 5.99. The van der Waals surface area contributed by atoms with Gasteiger partial charge in [0.15, 0.2) is 16.1 Å². The molecule has 0 spiro atoms. The van der Waals surface area contributed by atoms with E-state index in [1.54, 1.807) is 23.8 Å². The molecule has 0 aliphatic heterocycles. The highest BCUT2D eigenvalue weighted by molar-refractivity contribution is 9.10. The summed E-state index contributed by atoms with van der Waals surface area (Å²) >= 11 is 3.28. The van der Waals surface area contributed by atoms with Crippen molar-refractivity contribution in [2.45, 2.75) is 0 Å². The molecule has 0 saturated carbocycles. The van der Waals surface area contributed by atoms with Gasteiger partial charge in [-0.1, -0.05) is 12.1 Å². The number of hydrogen-bond donors (Lipinski definition) is 1. The number of rotatable bonds is 3. The fourth-order valence-corrected chi connectivity index (χ4v) is 2.82. The molecule has 6 nitrogen and oxygen atoms in total. The van der Waals surface area contributed by atoms with Crippen LogP contribution in [-0.4, -0.2) is 21.7 Å². The number of hydrogen-bond acceptors (Lipinski definition) is 5. The van der Waals surface area contributed by atoms with E-state index in [2.05, 4.69) is 26.0 Å². The van der Waals surface area contributed by atoms with Gasteiger partial charge in [-0.2, -0.15) is 4.52 Å². The number of fused-ring (bicyclic) bond motifs is 1. The van der Waals surface area contributed by atoms with Crippen LogP contribution in [0.1, 0.15) is 0 Å². The molecule has 0 atom stereocenters. The second kappa shape index (κ2) is 5.68. The zero-order valence-corrected chi connectivity index (χ0v) is 14.3. The fraction of sp³-hybridized carbons (Fsp3) is 0.0588. The minimum Gasteiger partial charge on any atom is -0.497 e. The van der Waals surface area contributed by atoms with E-state index in [1.165, 1.54) is 0 Å². The number of benzene rings is 1. The summed E-state index contributed by atoms with van der Waals surface area (Å²) in [5.74, 6) is 2.34. The molecule has 0 unspecified atom stereocenters. The van der Waals surface area contributed by atoms with Gasteiger partial charge in [-0.25, -0.2) is 4.98 Å². The predicted octanol–water partition coefficient (Wildman–Crippen LogP) is 4.01. The van der Waals surface area contributed by atoms with E-state index in [1.807, 2.05) is 36.4 Å². The lowest BCUT2D eigenvalue weighted by atomic mass is 10.1. The monoisotopic (exact) mass is 384 g/mol. The van der Waals surface area contributed by atoms with Gasteiger partial charge < -0.3 is 14.9 Å². The van der Waals surface area contributed by atoms with Crippen molar-refractivity contribution in [3.05, 3.63) is 53.2 Å². The summed E-state index contributed by atoms with van der Waals surface area (Å²) in [6.07, 6.45) is 0.